The van der Waals surface area contributed by atoms with E-state index in [1.165, 1.54) is 9.80 Å². The number of urea groups is 1. The van der Waals surface area contributed by atoms with Gasteiger partial charge >= 0.3 is 18.1 Å². The van der Waals surface area contributed by atoms with Crippen molar-refractivity contribution in [1.29, 1.82) is 0 Å². The summed E-state index contributed by atoms with van der Waals surface area (Å²) in [5.74, 6) is -1.24. The fourth-order valence-electron chi connectivity index (χ4n) is 5.50. The first-order valence-electron chi connectivity index (χ1n) is 13.7. The highest BCUT2D eigenvalue weighted by Gasteiger charge is 2.48. The van der Waals surface area contributed by atoms with Gasteiger partial charge < -0.3 is 29.9 Å². The Kier molecular flexibility index (Phi) is 9.51. The van der Waals surface area contributed by atoms with Gasteiger partial charge in [0.2, 0.25) is 5.91 Å². The number of benzene rings is 1. The molecule has 10 heteroatoms. The number of hydrogen-bond donors (Lipinski definition) is 2. The molecule has 2 N–H and O–H groups in total. The number of carboxylic acid groups (broad SMARTS) is 1. The molecule has 1 saturated heterocycles. The van der Waals surface area contributed by atoms with Crippen molar-refractivity contribution in [3.05, 3.63) is 35.9 Å². The first-order valence-corrected chi connectivity index (χ1v) is 13.7. The van der Waals surface area contributed by atoms with Crippen molar-refractivity contribution in [1.82, 2.24) is 20.0 Å². The predicted octanol–water partition coefficient (Wildman–Crippen LogP) is 3.95. The highest BCUT2D eigenvalue weighted by molar-refractivity contribution is 5.86. The minimum absolute atomic E-state index is 0.0591. The summed E-state index contributed by atoms with van der Waals surface area (Å²) in [5.41, 5.74) is 0.0633. The van der Waals surface area contributed by atoms with Crippen LogP contribution in [0.25, 0.3) is 0 Å². The van der Waals surface area contributed by atoms with Gasteiger partial charge in [0, 0.05) is 39.6 Å². The quantitative estimate of drug-likeness (QED) is 0.512. The molecule has 216 valence electrons. The zero-order chi connectivity index (χ0) is 29.0. The Morgan fingerprint density at radius 2 is 1.69 bits per heavy atom. The lowest BCUT2D eigenvalue weighted by Crippen LogP contribution is -2.56. The fourth-order valence-corrected chi connectivity index (χ4v) is 5.50. The standard InChI is InChI=1S/C29H44N4O6/c1-28(2)14-12-21(13-15-28)33(22-16-23(24(34)35)32(17-22)27(38)31(5)6)25(36)29(3,4)19-30-26(37)39-18-20-10-8-7-9-11-20/h7-11,21-23H,12-19H2,1-6H3,(H,30,37)(H,34,35)/t22-,23-/m0/s1. The molecule has 2 aliphatic rings. The van der Waals surface area contributed by atoms with E-state index in [1.807, 2.05) is 35.2 Å². The Balaban J connectivity index is 1.76. The third kappa shape index (κ3) is 7.64. The molecule has 1 aliphatic heterocycles. The molecule has 1 aliphatic carbocycles. The van der Waals surface area contributed by atoms with E-state index in [-0.39, 0.29) is 49.5 Å². The van der Waals surface area contributed by atoms with Crippen LogP contribution in [0.3, 0.4) is 0 Å². The van der Waals surface area contributed by atoms with Crippen molar-refractivity contribution >= 4 is 24.0 Å². The molecule has 1 saturated carbocycles. The number of carbonyl (C=O) groups excluding carboxylic acids is 3. The number of carbonyl (C=O) groups is 4. The van der Waals surface area contributed by atoms with Crippen LogP contribution in [0.1, 0.15) is 65.4 Å². The number of nitrogens with one attached hydrogen (secondary N) is 1. The van der Waals surface area contributed by atoms with Crippen molar-refractivity contribution in [2.75, 3.05) is 27.2 Å². The fraction of sp³-hybridized carbons (Fsp3) is 0.655. The summed E-state index contributed by atoms with van der Waals surface area (Å²) in [6.07, 6.45) is 3.06. The third-order valence-corrected chi connectivity index (χ3v) is 7.99. The molecular weight excluding hydrogens is 500 g/mol. The average molecular weight is 545 g/mol. The Morgan fingerprint density at radius 3 is 2.26 bits per heavy atom. The summed E-state index contributed by atoms with van der Waals surface area (Å²) in [6.45, 7) is 8.33. The molecule has 10 nitrogen and oxygen atoms in total. The molecule has 1 heterocycles. The summed E-state index contributed by atoms with van der Waals surface area (Å²) in [5, 5.41) is 12.6. The van der Waals surface area contributed by atoms with Gasteiger partial charge in [0.15, 0.2) is 0 Å². The summed E-state index contributed by atoms with van der Waals surface area (Å²) in [7, 11) is 3.18. The highest BCUT2D eigenvalue weighted by atomic mass is 16.5. The van der Waals surface area contributed by atoms with E-state index < -0.39 is 29.6 Å². The van der Waals surface area contributed by atoms with Crippen LogP contribution in [0.5, 0.6) is 0 Å². The van der Waals surface area contributed by atoms with Crippen LogP contribution in [0.2, 0.25) is 0 Å². The molecule has 4 amide bonds. The van der Waals surface area contributed by atoms with Gasteiger partial charge in [-0.2, -0.15) is 0 Å². The van der Waals surface area contributed by atoms with Gasteiger partial charge in [-0.25, -0.2) is 14.4 Å². The van der Waals surface area contributed by atoms with Crippen molar-refractivity contribution < 1.29 is 29.0 Å². The Morgan fingerprint density at radius 1 is 1.08 bits per heavy atom. The molecule has 1 aromatic rings. The third-order valence-electron chi connectivity index (χ3n) is 7.99. The lowest BCUT2D eigenvalue weighted by molar-refractivity contribution is -0.147. The van der Waals surface area contributed by atoms with E-state index in [2.05, 4.69) is 19.2 Å². The lowest BCUT2D eigenvalue weighted by atomic mass is 9.74. The number of aliphatic carboxylic acids is 1. The molecule has 2 atom stereocenters. The number of ether oxygens (including phenoxy) is 1. The van der Waals surface area contributed by atoms with Gasteiger partial charge in [-0.15, -0.1) is 0 Å². The molecule has 2 fully saturated rings. The minimum Gasteiger partial charge on any atom is -0.480 e. The van der Waals surface area contributed by atoms with E-state index in [1.54, 1.807) is 27.9 Å². The highest BCUT2D eigenvalue weighted by Crippen LogP contribution is 2.40. The summed E-state index contributed by atoms with van der Waals surface area (Å²) in [4.78, 5) is 56.1. The molecule has 0 unspecified atom stereocenters. The van der Waals surface area contributed by atoms with Gasteiger partial charge in [0.05, 0.1) is 11.5 Å². The Bertz CT molecular complexity index is 1030. The molecule has 0 spiro atoms. The van der Waals surface area contributed by atoms with Crippen molar-refractivity contribution in [3.63, 3.8) is 0 Å². The zero-order valence-corrected chi connectivity index (χ0v) is 24.1. The number of rotatable bonds is 8. The molecule has 0 radical (unpaired) electrons. The van der Waals surface area contributed by atoms with Gasteiger partial charge in [0.1, 0.15) is 12.6 Å². The van der Waals surface area contributed by atoms with E-state index in [0.717, 1.165) is 31.2 Å². The maximum atomic E-state index is 14.2. The van der Waals surface area contributed by atoms with Gasteiger partial charge in [-0.1, -0.05) is 44.2 Å². The van der Waals surface area contributed by atoms with Crippen LogP contribution in [-0.4, -0.2) is 89.1 Å². The monoisotopic (exact) mass is 544 g/mol. The second-order valence-corrected chi connectivity index (χ2v) is 12.5. The Labute approximate surface area is 231 Å². The number of amides is 4. The zero-order valence-electron chi connectivity index (χ0n) is 24.1. The van der Waals surface area contributed by atoms with Crippen LogP contribution >= 0.6 is 0 Å². The van der Waals surface area contributed by atoms with E-state index in [4.69, 9.17) is 4.74 Å². The van der Waals surface area contributed by atoms with Crippen LogP contribution in [0.15, 0.2) is 30.3 Å². The second kappa shape index (κ2) is 12.3. The largest absolute Gasteiger partial charge is 0.480 e. The molecular formula is C29H44N4O6. The number of likely N-dealkylation sites (tertiary alicyclic amines) is 1. The summed E-state index contributed by atoms with van der Waals surface area (Å²) in [6, 6.07) is 7.45. The molecule has 1 aromatic carbocycles. The summed E-state index contributed by atoms with van der Waals surface area (Å²) < 4.78 is 5.32. The van der Waals surface area contributed by atoms with Crippen LogP contribution in [0, 0.1) is 10.8 Å². The van der Waals surface area contributed by atoms with E-state index in [9.17, 15) is 24.3 Å². The van der Waals surface area contributed by atoms with Crippen LogP contribution in [0.4, 0.5) is 9.59 Å². The molecule has 3 rings (SSSR count). The maximum absolute atomic E-state index is 14.2. The molecule has 39 heavy (non-hydrogen) atoms. The first-order chi connectivity index (χ1) is 18.2. The number of hydrogen-bond acceptors (Lipinski definition) is 5. The number of carboxylic acids is 1. The van der Waals surface area contributed by atoms with E-state index in [0.29, 0.717) is 0 Å². The van der Waals surface area contributed by atoms with Crippen LogP contribution < -0.4 is 5.32 Å². The SMILES string of the molecule is CN(C)C(=O)N1C[C@@H](N(C(=O)C(C)(C)CNC(=O)OCc2ccccc2)C2CCC(C)(C)CC2)C[C@H]1C(=O)O. The van der Waals surface area contributed by atoms with Crippen LogP contribution in [-0.2, 0) is 20.9 Å². The second-order valence-electron chi connectivity index (χ2n) is 12.5. The van der Waals surface area contributed by atoms with E-state index >= 15 is 0 Å². The average Bonchev–Trinajstić information content (AvgIpc) is 3.32. The smallest absolute Gasteiger partial charge is 0.407 e. The first kappa shape index (κ1) is 30.2. The molecule has 0 bridgehead atoms. The minimum atomic E-state index is -1.08. The predicted molar refractivity (Wildman–Crippen MR) is 147 cm³/mol. The Hall–Kier alpha value is -3.30. The van der Waals surface area contributed by atoms with Crippen molar-refractivity contribution in [2.45, 2.75) is 84.5 Å². The van der Waals surface area contributed by atoms with Crippen molar-refractivity contribution in [3.8, 4) is 0 Å². The van der Waals surface area contributed by atoms with Crippen molar-refractivity contribution in [2.24, 2.45) is 10.8 Å². The normalized spacial score (nSPS) is 21.2. The number of nitrogens with zero attached hydrogens (tertiary/aromatic N) is 3. The number of alkyl carbamates (subject to hydrolysis) is 1. The topological polar surface area (TPSA) is 119 Å². The van der Waals surface area contributed by atoms with Gasteiger partial charge in [-0.3, -0.25) is 4.79 Å². The summed E-state index contributed by atoms with van der Waals surface area (Å²) >= 11 is 0. The van der Waals surface area contributed by atoms with Gasteiger partial charge in [-0.05, 0) is 50.5 Å². The molecule has 0 aromatic heterocycles. The van der Waals surface area contributed by atoms with Gasteiger partial charge in [0.25, 0.3) is 0 Å². The lowest BCUT2D eigenvalue weighted by Gasteiger charge is -2.45. The maximum Gasteiger partial charge on any atom is 0.407 e.